The highest BCUT2D eigenvalue weighted by Crippen LogP contribution is 2.43. The molecule has 1 saturated carbocycles. The van der Waals surface area contributed by atoms with Gasteiger partial charge in [-0.3, -0.25) is 4.79 Å². The van der Waals surface area contributed by atoms with Crippen LogP contribution in [-0.2, 0) is 4.79 Å². The lowest BCUT2D eigenvalue weighted by Crippen LogP contribution is -2.52. The van der Waals surface area contributed by atoms with Crippen LogP contribution in [0.25, 0.3) is 0 Å². The molecular formula is C11H22N2O. The van der Waals surface area contributed by atoms with Crippen molar-refractivity contribution in [1.29, 1.82) is 0 Å². The molecule has 1 rings (SSSR count). The van der Waals surface area contributed by atoms with E-state index in [0.29, 0.717) is 5.41 Å². The summed E-state index contributed by atoms with van der Waals surface area (Å²) in [4.78, 5) is 11.5. The Kier molecular flexibility index (Phi) is 3.20. The number of hydrogen-bond donors (Lipinski definition) is 2. The maximum Gasteiger partial charge on any atom is 0.239 e. The van der Waals surface area contributed by atoms with Crippen LogP contribution in [-0.4, -0.2) is 18.0 Å². The van der Waals surface area contributed by atoms with Crippen LogP contribution in [0.2, 0.25) is 0 Å². The Bertz CT molecular complexity index is 208. The van der Waals surface area contributed by atoms with E-state index in [1.807, 2.05) is 0 Å². The van der Waals surface area contributed by atoms with E-state index in [4.69, 9.17) is 5.73 Å². The van der Waals surface area contributed by atoms with Gasteiger partial charge in [0.25, 0.3) is 0 Å². The van der Waals surface area contributed by atoms with Gasteiger partial charge in [0.05, 0.1) is 5.54 Å². The molecule has 14 heavy (non-hydrogen) atoms. The van der Waals surface area contributed by atoms with Gasteiger partial charge in [0.2, 0.25) is 5.91 Å². The Hall–Kier alpha value is -0.570. The number of hydrogen-bond acceptors (Lipinski definition) is 2. The highest BCUT2D eigenvalue weighted by Gasteiger charge is 2.36. The van der Waals surface area contributed by atoms with E-state index in [2.05, 4.69) is 12.2 Å². The predicted octanol–water partition coefficient (Wildman–Crippen LogP) is 1.42. The second kappa shape index (κ2) is 3.89. The van der Waals surface area contributed by atoms with E-state index in [1.54, 1.807) is 13.8 Å². The van der Waals surface area contributed by atoms with Crippen molar-refractivity contribution in [3.05, 3.63) is 0 Å². The summed E-state index contributed by atoms with van der Waals surface area (Å²) in [7, 11) is 0. The highest BCUT2D eigenvalue weighted by molar-refractivity contribution is 5.85. The zero-order valence-electron chi connectivity index (χ0n) is 9.52. The molecule has 1 aliphatic rings. The lowest BCUT2D eigenvalue weighted by atomic mass is 9.67. The molecule has 0 aromatic rings. The van der Waals surface area contributed by atoms with Crippen LogP contribution in [0.5, 0.6) is 0 Å². The fourth-order valence-corrected chi connectivity index (χ4v) is 1.83. The van der Waals surface area contributed by atoms with Crippen molar-refractivity contribution in [2.45, 2.75) is 52.0 Å². The van der Waals surface area contributed by atoms with E-state index in [-0.39, 0.29) is 5.91 Å². The first-order valence-electron chi connectivity index (χ1n) is 5.47. The van der Waals surface area contributed by atoms with Crippen molar-refractivity contribution in [3.8, 4) is 0 Å². The highest BCUT2D eigenvalue weighted by atomic mass is 16.2. The molecule has 0 aromatic heterocycles. The van der Waals surface area contributed by atoms with Crippen molar-refractivity contribution in [3.63, 3.8) is 0 Å². The standard InChI is InChI=1S/C11H22N2O/c1-4-11(6-5-7-11)8-13-9(14)10(2,3)12/h4-8,12H2,1-3H3,(H,13,14). The van der Waals surface area contributed by atoms with Gasteiger partial charge < -0.3 is 11.1 Å². The summed E-state index contributed by atoms with van der Waals surface area (Å²) < 4.78 is 0. The summed E-state index contributed by atoms with van der Waals surface area (Å²) in [5.74, 6) is -0.0442. The number of nitrogens with one attached hydrogen (secondary N) is 1. The molecule has 1 aliphatic carbocycles. The topological polar surface area (TPSA) is 55.1 Å². The fourth-order valence-electron chi connectivity index (χ4n) is 1.83. The zero-order valence-corrected chi connectivity index (χ0v) is 9.52. The summed E-state index contributed by atoms with van der Waals surface area (Å²) >= 11 is 0. The molecule has 0 radical (unpaired) electrons. The van der Waals surface area contributed by atoms with Gasteiger partial charge in [-0.05, 0) is 38.5 Å². The smallest absolute Gasteiger partial charge is 0.239 e. The molecule has 82 valence electrons. The third-order valence-electron chi connectivity index (χ3n) is 3.37. The predicted molar refractivity (Wildman–Crippen MR) is 57.9 cm³/mol. The summed E-state index contributed by atoms with van der Waals surface area (Å²) in [5.41, 5.74) is 5.32. The number of carbonyl (C=O) groups is 1. The van der Waals surface area contributed by atoms with E-state index >= 15 is 0 Å². The molecule has 1 amide bonds. The minimum Gasteiger partial charge on any atom is -0.354 e. The zero-order chi connectivity index (χ0) is 10.8. The van der Waals surface area contributed by atoms with Gasteiger partial charge >= 0.3 is 0 Å². The number of carbonyl (C=O) groups excluding carboxylic acids is 1. The third-order valence-corrected chi connectivity index (χ3v) is 3.37. The monoisotopic (exact) mass is 198 g/mol. The first kappa shape index (κ1) is 11.5. The van der Waals surface area contributed by atoms with E-state index in [1.165, 1.54) is 19.3 Å². The molecule has 0 heterocycles. The molecular weight excluding hydrogens is 176 g/mol. The minimum atomic E-state index is -0.751. The van der Waals surface area contributed by atoms with E-state index < -0.39 is 5.54 Å². The van der Waals surface area contributed by atoms with E-state index in [0.717, 1.165) is 13.0 Å². The quantitative estimate of drug-likeness (QED) is 0.718. The first-order valence-corrected chi connectivity index (χ1v) is 5.47. The molecule has 0 atom stereocenters. The largest absolute Gasteiger partial charge is 0.354 e. The van der Waals surface area contributed by atoms with Crippen LogP contribution in [0, 0.1) is 5.41 Å². The minimum absolute atomic E-state index is 0.0442. The molecule has 0 spiro atoms. The Morgan fingerprint density at radius 1 is 1.50 bits per heavy atom. The van der Waals surface area contributed by atoms with Crippen LogP contribution in [0.3, 0.4) is 0 Å². The Balaban J connectivity index is 2.36. The van der Waals surface area contributed by atoms with Crippen molar-refractivity contribution in [1.82, 2.24) is 5.32 Å². The van der Waals surface area contributed by atoms with Crippen LogP contribution < -0.4 is 11.1 Å². The molecule has 0 aromatic carbocycles. The van der Waals surface area contributed by atoms with Crippen molar-refractivity contribution in [2.24, 2.45) is 11.1 Å². The maximum atomic E-state index is 11.5. The summed E-state index contributed by atoms with van der Waals surface area (Å²) in [5, 5.41) is 2.95. The second-order valence-corrected chi connectivity index (χ2v) is 5.11. The van der Waals surface area contributed by atoms with Crippen LogP contribution in [0.4, 0.5) is 0 Å². The molecule has 3 heteroatoms. The van der Waals surface area contributed by atoms with Crippen LogP contribution >= 0.6 is 0 Å². The molecule has 0 unspecified atom stereocenters. The first-order chi connectivity index (χ1) is 6.40. The second-order valence-electron chi connectivity index (χ2n) is 5.11. The maximum absolute atomic E-state index is 11.5. The van der Waals surface area contributed by atoms with E-state index in [9.17, 15) is 4.79 Å². The lowest BCUT2D eigenvalue weighted by molar-refractivity contribution is -0.126. The van der Waals surface area contributed by atoms with Gasteiger partial charge in [0, 0.05) is 6.54 Å². The average Bonchev–Trinajstić information content (AvgIpc) is 2.01. The Morgan fingerprint density at radius 2 is 2.07 bits per heavy atom. The number of rotatable bonds is 4. The van der Waals surface area contributed by atoms with Gasteiger partial charge in [0.15, 0.2) is 0 Å². The molecule has 3 nitrogen and oxygen atoms in total. The molecule has 0 saturated heterocycles. The number of amides is 1. The van der Waals surface area contributed by atoms with Gasteiger partial charge in [-0.25, -0.2) is 0 Å². The Morgan fingerprint density at radius 3 is 2.36 bits per heavy atom. The summed E-state index contributed by atoms with van der Waals surface area (Å²) in [6.45, 7) is 6.46. The van der Waals surface area contributed by atoms with Gasteiger partial charge in [0.1, 0.15) is 0 Å². The third kappa shape index (κ3) is 2.47. The molecule has 3 N–H and O–H groups in total. The SMILES string of the molecule is CCC1(CNC(=O)C(C)(C)N)CCC1. The summed E-state index contributed by atoms with van der Waals surface area (Å²) in [6, 6.07) is 0. The van der Waals surface area contributed by atoms with Crippen molar-refractivity contribution < 1.29 is 4.79 Å². The van der Waals surface area contributed by atoms with Crippen LogP contribution in [0.15, 0.2) is 0 Å². The normalized spacial score (nSPS) is 20.0. The lowest BCUT2D eigenvalue weighted by Gasteiger charge is -2.41. The van der Waals surface area contributed by atoms with Gasteiger partial charge in [-0.15, -0.1) is 0 Å². The molecule has 1 fully saturated rings. The van der Waals surface area contributed by atoms with Gasteiger partial charge in [-0.1, -0.05) is 13.3 Å². The Labute approximate surface area is 86.4 Å². The summed E-state index contributed by atoms with van der Waals surface area (Å²) in [6.07, 6.45) is 4.94. The van der Waals surface area contributed by atoms with Crippen molar-refractivity contribution in [2.75, 3.05) is 6.54 Å². The average molecular weight is 198 g/mol. The fraction of sp³-hybridized carbons (Fsp3) is 0.909. The van der Waals surface area contributed by atoms with Gasteiger partial charge in [-0.2, -0.15) is 0 Å². The van der Waals surface area contributed by atoms with Crippen LogP contribution in [0.1, 0.15) is 46.5 Å². The number of nitrogens with two attached hydrogens (primary N) is 1. The van der Waals surface area contributed by atoms with Crippen molar-refractivity contribution >= 4 is 5.91 Å². The molecule has 0 bridgehead atoms. The molecule has 0 aliphatic heterocycles.